The normalized spacial score (nSPS) is 24.0. The first-order valence-electron chi connectivity index (χ1n) is 3.20. The molecular formula is C6H14N2O. The van der Waals surface area contributed by atoms with E-state index < -0.39 is 0 Å². The summed E-state index contributed by atoms with van der Waals surface area (Å²) in [6, 6.07) is 0. The first-order valence-corrected chi connectivity index (χ1v) is 3.20. The van der Waals surface area contributed by atoms with Gasteiger partial charge in [-0.15, -0.1) is 0 Å². The van der Waals surface area contributed by atoms with E-state index in [1.165, 1.54) is 0 Å². The summed E-state index contributed by atoms with van der Waals surface area (Å²) in [5.74, 6) is 0. The molecule has 0 spiro atoms. The van der Waals surface area contributed by atoms with Crippen molar-refractivity contribution >= 4 is 0 Å². The third-order valence-electron chi connectivity index (χ3n) is 2.15. The molecule has 2 N–H and O–H groups in total. The van der Waals surface area contributed by atoms with Crippen LogP contribution in [0.25, 0.3) is 0 Å². The van der Waals surface area contributed by atoms with Crippen molar-refractivity contribution in [1.82, 2.24) is 10.2 Å². The van der Waals surface area contributed by atoms with Crippen LogP contribution in [0, 0.1) is 0 Å². The molecule has 0 aromatic carbocycles. The molecule has 54 valence electrons. The van der Waals surface area contributed by atoms with E-state index in [2.05, 4.69) is 10.2 Å². The van der Waals surface area contributed by atoms with Crippen LogP contribution < -0.4 is 5.32 Å². The Labute approximate surface area is 55.7 Å². The lowest BCUT2D eigenvalue weighted by molar-refractivity contribution is 0.0239. The number of hydrogen-bond acceptors (Lipinski definition) is 3. The van der Waals surface area contributed by atoms with Crippen LogP contribution in [0.5, 0.6) is 0 Å². The zero-order valence-electron chi connectivity index (χ0n) is 6.02. The molecule has 1 fully saturated rings. The molecule has 0 aromatic rings. The second-order valence-corrected chi connectivity index (χ2v) is 2.88. The van der Waals surface area contributed by atoms with Gasteiger partial charge in [-0.2, -0.15) is 0 Å². The fourth-order valence-electron chi connectivity index (χ4n) is 0.983. The Bertz CT molecular complexity index is 93.7. The molecule has 0 atom stereocenters. The van der Waals surface area contributed by atoms with Gasteiger partial charge in [0.25, 0.3) is 0 Å². The maximum Gasteiger partial charge on any atom is 0.0686 e. The van der Waals surface area contributed by atoms with Gasteiger partial charge in [-0.25, -0.2) is 0 Å². The fourth-order valence-corrected chi connectivity index (χ4v) is 0.983. The average Bonchev–Trinajstić information content (AvgIpc) is 1.62. The molecule has 0 saturated carbocycles. The smallest absolute Gasteiger partial charge is 0.0686 e. The molecule has 9 heavy (non-hydrogen) atoms. The highest BCUT2D eigenvalue weighted by Gasteiger charge is 2.38. The standard InChI is InChI=1S/C6H14N2O/c1-8(2)6(5-9)3-7-4-6/h7,9H,3-5H2,1-2H3. The summed E-state index contributed by atoms with van der Waals surface area (Å²) in [4.78, 5) is 2.07. The van der Waals surface area contributed by atoms with Gasteiger partial charge in [0.2, 0.25) is 0 Å². The molecule has 0 radical (unpaired) electrons. The van der Waals surface area contributed by atoms with Gasteiger partial charge in [-0.1, -0.05) is 0 Å². The number of aliphatic hydroxyl groups is 1. The average molecular weight is 130 g/mol. The highest BCUT2D eigenvalue weighted by atomic mass is 16.3. The Morgan fingerprint density at radius 1 is 1.56 bits per heavy atom. The molecular weight excluding hydrogens is 116 g/mol. The first kappa shape index (κ1) is 6.99. The molecule has 1 rings (SSSR count). The van der Waals surface area contributed by atoms with Crippen LogP contribution in [0.2, 0.25) is 0 Å². The molecule has 1 aliphatic rings. The lowest BCUT2D eigenvalue weighted by Crippen LogP contribution is -2.69. The quantitative estimate of drug-likeness (QED) is 0.497. The van der Waals surface area contributed by atoms with Crippen molar-refractivity contribution in [1.29, 1.82) is 0 Å². The van der Waals surface area contributed by atoms with Crippen LogP contribution >= 0.6 is 0 Å². The third-order valence-corrected chi connectivity index (χ3v) is 2.15. The van der Waals surface area contributed by atoms with Gasteiger partial charge in [0.15, 0.2) is 0 Å². The topological polar surface area (TPSA) is 35.5 Å². The number of rotatable bonds is 2. The molecule has 1 saturated heterocycles. The molecule has 1 aliphatic heterocycles. The predicted molar refractivity (Wildman–Crippen MR) is 36.4 cm³/mol. The van der Waals surface area contributed by atoms with Gasteiger partial charge in [-0.3, -0.25) is 4.90 Å². The minimum Gasteiger partial charge on any atom is -0.394 e. The van der Waals surface area contributed by atoms with E-state index in [4.69, 9.17) is 5.11 Å². The summed E-state index contributed by atoms with van der Waals surface area (Å²) < 4.78 is 0. The Morgan fingerprint density at radius 3 is 2.11 bits per heavy atom. The van der Waals surface area contributed by atoms with E-state index in [-0.39, 0.29) is 12.1 Å². The van der Waals surface area contributed by atoms with Gasteiger partial charge in [0.1, 0.15) is 0 Å². The fraction of sp³-hybridized carbons (Fsp3) is 1.00. The Morgan fingerprint density at radius 2 is 2.11 bits per heavy atom. The lowest BCUT2D eigenvalue weighted by Gasteiger charge is -2.46. The van der Waals surface area contributed by atoms with Crippen molar-refractivity contribution in [2.75, 3.05) is 33.8 Å². The van der Waals surface area contributed by atoms with Crippen molar-refractivity contribution in [2.45, 2.75) is 5.54 Å². The number of aliphatic hydroxyl groups excluding tert-OH is 1. The Kier molecular flexibility index (Phi) is 1.75. The lowest BCUT2D eigenvalue weighted by atomic mass is 9.92. The highest BCUT2D eigenvalue weighted by Crippen LogP contribution is 2.15. The van der Waals surface area contributed by atoms with Crippen molar-refractivity contribution < 1.29 is 5.11 Å². The molecule has 0 unspecified atom stereocenters. The van der Waals surface area contributed by atoms with Gasteiger partial charge >= 0.3 is 0 Å². The van der Waals surface area contributed by atoms with Crippen LogP contribution in [0.1, 0.15) is 0 Å². The van der Waals surface area contributed by atoms with Gasteiger partial charge in [-0.05, 0) is 14.1 Å². The van der Waals surface area contributed by atoms with Gasteiger partial charge in [0.05, 0.1) is 12.1 Å². The predicted octanol–water partition coefficient (Wildman–Crippen LogP) is -1.12. The maximum absolute atomic E-state index is 8.93. The van der Waals surface area contributed by atoms with E-state index in [0.29, 0.717) is 0 Å². The number of likely N-dealkylation sites (N-methyl/N-ethyl adjacent to an activating group) is 1. The Balaban J connectivity index is 2.46. The minimum atomic E-state index is 0.0417. The maximum atomic E-state index is 8.93. The summed E-state index contributed by atoms with van der Waals surface area (Å²) in [6.07, 6.45) is 0. The summed E-state index contributed by atoms with van der Waals surface area (Å²) in [6.45, 7) is 2.08. The molecule has 3 heteroatoms. The van der Waals surface area contributed by atoms with Crippen LogP contribution in [-0.4, -0.2) is 49.3 Å². The van der Waals surface area contributed by atoms with E-state index >= 15 is 0 Å². The van der Waals surface area contributed by atoms with E-state index in [0.717, 1.165) is 13.1 Å². The van der Waals surface area contributed by atoms with E-state index in [9.17, 15) is 0 Å². The third kappa shape index (κ3) is 0.956. The van der Waals surface area contributed by atoms with Crippen molar-refractivity contribution in [3.05, 3.63) is 0 Å². The molecule has 0 amide bonds. The summed E-state index contributed by atoms with van der Waals surface area (Å²) >= 11 is 0. The van der Waals surface area contributed by atoms with E-state index in [1.54, 1.807) is 0 Å². The van der Waals surface area contributed by atoms with Crippen LogP contribution in [0.3, 0.4) is 0 Å². The second kappa shape index (κ2) is 2.25. The van der Waals surface area contributed by atoms with Crippen molar-refractivity contribution in [3.8, 4) is 0 Å². The largest absolute Gasteiger partial charge is 0.394 e. The van der Waals surface area contributed by atoms with Gasteiger partial charge in [0, 0.05) is 13.1 Å². The summed E-state index contributed by atoms with van der Waals surface area (Å²) in [5, 5.41) is 12.1. The monoisotopic (exact) mass is 130 g/mol. The van der Waals surface area contributed by atoms with Crippen LogP contribution in [0.4, 0.5) is 0 Å². The molecule has 0 bridgehead atoms. The number of nitrogens with one attached hydrogen (secondary N) is 1. The molecule has 1 heterocycles. The van der Waals surface area contributed by atoms with E-state index in [1.807, 2.05) is 14.1 Å². The van der Waals surface area contributed by atoms with Crippen molar-refractivity contribution in [2.24, 2.45) is 0 Å². The highest BCUT2D eigenvalue weighted by molar-refractivity contribution is 4.99. The van der Waals surface area contributed by atoms with Crippen LogP contribution in [-0.2, 0) is 0 Å². The summed E-state index contributed by atoms with van der Waals surface area (Å²) in [7, 11) is 3.99. The number of nitrogens with zero attached hydrogens (tertiary/aromatic N) is 1. The first-order chi connectivity index (χ1) is 4.21. The number of hydrogen-bond donors (Lipinski definition) is 2. The van der Waals surface area contributed by atoms with Gasteiger partial charge < -0.3 is 10.4 Å². The Hall–Kier alpha value is -0.120. The summed E-state index contributed by atoms with van der Waals surface area (Å²) in [5.41, 5.74) is 0.0417. The van der Waals surface area contributed by atoms with Crippen molar-refractivity contribution in [3.63, 3.8) is 0 Å². The molecule has 0 aromatic heterocycles. The van der Waals surface area contributed by atoms with Crippen LogP contribution in [0.15, 0.2) is 0 Å². The molecule has 0 aliphatic carbocycles. The molecule has 3 nitrogen and oxygen atoms in total. The zero-order chi connectivity index (χ0) is 6.91. The zero-order valence-corrected chi connectivity index (χ0v) is 6.02. The second-order valence-electron chi connectivity index (χ2n) is 2.88. The SMILES string of the molecule is CN(C)C1(CO)CNC1. The minimum absolute atomic E-state index is 0.0417.